The Hall–Kier alpha value is -3.47. The molecule has 2 aliphatic rings. The van der Waals surface area contributed by atoms with Crippen LogP contribution in [0.25, 0.3) is 0 Å². The Bertz CT molecular complexity index is 1170. The second-order valence-electron chi connectivity index (χ2n) is 7.65. The van der Waals surface area contributed by atoms with Crippen LogP contribution in [0.2, 0.25) is 0 Å². The van der Waals surface area contributed by atoms with Crippen molar-refractivity contribution in [1.29, 1.82) is 15.8 Å². The molecule has 4 rings (SSSR count). The third-order valence-electron chi connectivity index (χ3n) is 5.98. The van der Waals surface area contributed by atoms with E-state index in [4.69, 9.17) is 14.9 Å². The van der Waals surface area contributed by atoms with Crippen LogP contribution in [0, 0.1) is 45.3 Å². The highest BCUT2D eigenvalue weighted by Crippen LogP contribution is 2.55. The molecule has 0 fully saturated rings. The molecule has 2 N–H and O–H groups in total. The monoisotopic (exact) mass is 474 g/mol. The number of nitrogens with zero attached hydrogens (tertiary/aromatic N) is 3. The van der Waals surface area contributed by atoms with Crippen molar-refractivity contribution in [3.63, 3.8) is 0 Å². The van der Waals surface area contributed by atoms with Gasteiger partial charge in [0.1, 0.15) is 29.9 Å². The van der Waals surface area contributed by atoms with Gasteiger partial charge < -0.3 is 14.9 Å². The van der Waals surface area contributed by atoms with E-state index in [9.17, 15) is 15.8 Å². The number of furan rings is 1. The Morgan fingerprint density at radius 3 is 2.55 bits per heavy atom. The highest BCUT2D eigenvalue weighted by molar-refractivity contribution is 9.10. The van der Waals surface area contributed by atoms with E-state index >= 15 is 0 Å². The molecule has 0 aliphatic heterocycles. The summed E-state index contributed by atoms with van der Waals surface area (Å²) in [5.41, 5.74) is 5.71. The van der Waals surface area contributed by atoms with Gasteiger partial charge in [0, 0.05) is 4.47 Å². The average molecular weight is 475 g/mol. The van der Waals surface area contributed by atoms with Crippen LogP contribution in [0.15, 0.2) is 68.2 Å². The zero-order valence-corrected chi connectivity index (χ0v) is 18.2. The molecule has 154 valence electrons. The highest BCUT2D eigenvalue weighted by Gasteiger charge is 2.55. The summed E-state index contributed by atoms with van der Waals surface area (Å²) >= 11 is 3.39. The molecule has 0 unspecified atom stereocenters. The minimum absolute atomic E-state index is 0.0125. The Labute approximate surface area is 188 Å². The maximum absolute atomic E-state index is 10.0. The van der Waals surface area contributed by atoms with Gasteiger partial charge in [-0.1, -0.05) is 22.0 Å². The van der Waals surface area contributed by atoms with Gasteiger partial charge in [0.2, 0.25) is 0 Å². The summed E-state index contributed by atoms with van der Waals surface area (Å²) in [5.74, 6) is 1.02. The number of fused-ring (bicyclic) bond motifs is 1. The SMILES string of the molecule is N#CC1=C(N)C(C#N)(C#N)[C@H](c2ccc(COc3ccc(Br)cc3)o2)[C@H]2CCCC=C12. The minimum atomic E-state index is -1.66. The van der Waals surface area contributed by atoms with Gasteiger partial charge in [-0.05, 0) is 67.2 Å². The molecule has 2 aliphatic carbocycles. The number of benzene rings is 1. The largest absolute Gasteiger partial charge is 0.486 e. The molecular formula is C24H19BrN4O2. The lowest BCUT2D eigenvalue weighted by atomic mass is 9.58. The van der Waals surface area contributed by atoms with Crippen LogP contribution in [0.3, 0.4) is 0 Å². The standard InChI is InChI=1S/C24H19BrN4O2/c25-15-5-7-16(8-6-15)30-12-17-9-10-21(31-17)22-19-4-2-1-3-18(19)20(11-26)23(29)24(22,13-27)14-28/h3,5-10,19,22H,1-2,4,12,29H2/t19-,22-/m0/s1. The van der Waals surface area contributed by atoms with E-state index in [2.05, 4.69) is 34.1 Å². The third-order valence-corrected chi connectivity index (χ3v) is 6.51. The van der Waals surface area contributed by atoms with Gasteiger partial charge in [0.05, 0.1) is 29.3 Å². The minimum Gasteiger partial charge on any atom is -0.486 e. The number of nitriles is 3. The Balaban J connectivity index is 1.70. The van der Waals surface area contributed by atoms with Gasteiger partial charge in [-0.15, -0.1) is 0 Å². The molecule has 6 nitrogen and oxygen atoms in total. The average Bonchev–Trinajstić information content (AvgIpc) is 3.26. The Morgan fingerprint density at radius 2 is 1.87 bits per heavy atom. The van der Waals surface area contributed by atoms with Crippen LogP contribution in [0.1, 0.15) is 36.7 Å². The lowest BCUT2D eigenvalue weighted by Gasteiger charge is -2.42. The molecule has 2 atom stereocenters. The van der Waals surface area contributed by atoms with Crippen molar-refractivity contribution in [1.82, 2.24) is 0 Å². The number of ether oxygens (including phenoxy) is 1. The molecule has 1 aromatic heterocycles. The van der Waals surface area contributed by atoms with Gasteiger partial charge in [0.25, 0.3) is 0 Å². The lowest BCUT2D eigenvalue weighted by Crippen LogP contribution is -2.42. The summed E-state index contributed by atoms with van der Waals surface area (Å²) in [5, 5.41) is 29.8. The Kier molecular flexibility index (Phi) is 5.59. The number of hydrogen-bond acceptors (Lipinski definition) is 6. The normalized spacial score (nSPS) is 21.8. The van der Waals surface area contributed by atoms with Crippen LogP contribution in [0.5, 0.6) is 5.75 Å². The molecule has 0 saturated heterocycles. The summed E-state index contributed by atoms with van der Waals surface area (Å²) in [7, 11) is 0. The van der Waals surface area contributed by atoms with Crippen molar-refractivity contribution in [3.05, 3.63) is 75.3 Å². The van der Waals surface area contributed by atoms with Crippen molar-refractivity contribution in [3.8, 4) is 24.0 Å². The first-order valence-corrected chi connectivity index (χ1v) is 10.7. The fourth-order valence-electron chi connectivity index (χ4n) is 4.50. The number of hydrogen-bond donors (Lipinski definition) is 1. The van der Waals surface area contributed by atoms with Gasteiger partial charge in [-0.3, -0.25) is 0 Å². The van der Waals surface area contributed by atoms with Crippen LogP contribution in [-0.2, 0) is 6.61 Å². The first-order chi connectivity index (χ1) is 15.0. The van der Waals surface area contributed by atoms with E-state index in [1.807, 2.05) is 30.3 Å². The second kappa shape index (κ2) is 8.34. The molecule has 7 heteroatoms. The smallest absolute Gasteiger partial charge is 0.194 e. The zero-order valence-electron chi connectivity index (χ0n) is 16.6. The van der Waals surface area contributed by atoms with Gasteiger partial charge >= 0.3 is 0 Å². The summed E-state index contributed by atoms with van der Waals surface area (Å²) < 4.78 is 12.8. The van der Waals surface area contributed by atoms with Crippen molar-refractivity contribution >= 4 is 15.9 Å². The van der Waals surface area contributed by atoms with E-state index in [0.717, 1.165) is 29.3 Å². The molecular weight excluding hydrogens is 456 g/mol. The number of rotatable bonds is 4. The number of nitrogens with two attached hydrogens (primary N) is 1. The highest BCUT2D eigenvalue weighted by atomic mass is 79.9. The van der Waals surface area contributed by atoms with Crippen molar-refractivity contribution in [2.75, 3.05) is 0 Å². The van der Waals surface area contributed by atoms with Crippen LogP contribution in [0.4, 0.5) is 0 Å². The predicted molar refractivity (Wildman–Crippen MR) is 116 cm³/mol. The zero-order chi connectivity index (χ0) is 22.0. The summed E-state index contributed by atoms with van der Waals surface area (Å²) in [4.78, 5) is 0. The van der Waals surface area contributed by atoms with Gasteiger partial charge in [-0.25, -0.2) is 0 Å². The van der Waals surface area contributed by atoms with E-state index in [0.29, 0.717) is 17.3 Å². The summed E-state index contributed by atoms with van der Waals surface area (Å²) in [6, 6.07) is 17.4. The second-order valence-corrected chi connectivity index (χ2v) is 8.57. The molecule has 1 heterocycles. The predicted octanol–water partition coefficient (Wildman–Crippen LogP) is 5.21. The first-order valence-electron chi connectivity index (χ1n) is 9.94. The number of allylic oxidation sites excluding steroid dienone is 4. The molecule has 0 radical (unpaired) electrons. The maximum Gasteiger partial charge on any atom is 0.194 e. The fraction of sp³-hybridized carbons (Fsp3) is 0.292. The quantitative estimate of drug-likeness (QED) is 0.648. The molecule has 0 amide bonds. The van der Waals surface area contributed by atoms with E-state index in [-0.39, 0.29) is 23.8 Å². The maximum atomic E-state index is 10.0. The third kappa shape index (κ3) is 3.50. The summed E-state index contributed by atoms with van der Waals surface area (Å²) in [6.45, 7) is 0.211. The van der Waals surface area contributed by atoms with E-state index < -0.39 is 11.3 Å². The first kappa shape index (κ1) is 20.8. The van der Waals surface area contributed by atoms with E-state index in [1.54, 1.807) is 12.1 Å². The van der Waals surface area contributed by atoms with Crippen molar-refractivity contribution < 1.29 is 9.15 Å². The van der Waals surface area contributed by atoms with Crippen LogP contribution in [-0.4, -0.2) is 0 Å². The molecule has 2 aromatic rings. The molecule has 0 bridgehead atoms. The van der Waals surface area contributed by atoms with Crippen LogP contribution < -0.4 is 10.5 Å². The summed E-state index contributed by atoms with van der Waals surface area (Å²) in [6.07, 6.45) is 4.52. The number of halogens is 1. The molecule has 0 spiro atoms. The van der Waals surface area contributed by atoms with Gasteiger partial charge in [-0.2, -0.15) is 15.8 Å². The van der Waals surface area contributed by atoms with Crippen LogP contribution >= 0.6 is 15.9 Å². The van der Waals surface area contributed by atoms with E-state index in [1.165, 1.54) is 0 Å². The van der Waals surface area contributed by atoms with Crippen molar-refractivity contribution in [2.45, 2.75) is 31.8 Å². The lowest BCUT2D eigenvalue weighted by molar-refractivity contribution is 0.238. The fourth-order valence-corrected chi connectivity index (χ4v) is 4.77. The molecule has 1 aromatic carbocycles. The van der Waals surface area contributed by atoms with Crippen molar-refractivity contribution in [2.24, 2.45) is 17.1 Å². The molecule has 0 saturated carbocycles. The Morgan fingerprint density at radius 1 is 1.13 bits per heavy atom. The van der Waals surface area contributed by atoms with Gasteiger partial charge in [0.15, 0.2) is 5.41 Å². The molecule has 31 heavy (non-hydrogen) atoms. The topological polar surface area (TPSA) is 120 Å².